The predicted molar refractivity (Wildman–Crippen MR) is 126 cm³/mol. The largest absolute Gasteiger partial charge is 0.495 e. The number of nitrogens with zero attached hydrogens (tertiary/aromatic N) is 2. The van der Waals surface area contributed by atoms with Crippen LogP contribution in [0.15, 0.2) is 59.6 Å². The lowest BCUT2D eigenvalue weighted by atomic mass is 10.1. The maximum Gasteiger partial charge on any atom is 0.251 e. The average molecular weight is 469 g/mol. The Hall–Kier alpha value is -3.17. The highest BCUT2D eigenvalue weighted by Crippen LogP contribution is 2.30. The molecule has 1 saturated heterocycles. The van der Waals surface area contributed by atoms with E-state index in [2.05, 4.69) is 15.3 Å². The summed E-state index contributed by atoms with van der Waals surface area (Å²) in [6, 6.07) is 14.0. The first-order valence-corrected chi connectivity index (χ1v) is 12.5. The third-order valence-electron chi connectivity index (χ3n) is 5.83. The molecule has 1 aliphatic rings. The zero-order valence-corrected chi connectivity index (χ0v) is 19.6. The number of hydrogen-bond acceptors (Lipinski definition) is 5. The molecule has 1 fully saturated rings. The van der Waals surface area contributed by atoms with Crippen molar-refractivity contribution in [2.75, 3.05) is 20.2 Å². The first-order chi connectivity index (χ1) is 15.9. The number of aromatic nitrogens is 2. The van der Waals surface area contributed by atoms with Crippen LogP contribution in [0.25, 0.3) is 11.3 Å². The highest BCUT2D eigenvalue weighted by Gasteiger charge is 2.31. The molecule has 1 aromatic heterocycles. The standard InChI is InChI=1S/C24H28N4O4S/c1-3-19(23-25-16-20(26-23)17-9-5-4-6-10-17)27-24(29)18-11-12-21(32-2)22(15-18)33(30,31)28-13-7-8-14-28/h4-6,9-12,15-16,19H,3,7-8,13-14H2,1-2H3,(H,25,26)(H,27,29). The number of rotatable bonds is 8. The van der Waals surface area contributed by atoms with Gasteiger partial charge >= 0.3 is 0 Å². The van der Waals surface area contributed by atoms with Crippen LogP contribution >= 0.6 is 0 Å². The van der Waals surface area contributed by atoms with Gasteiger partial charge in [-0.05, 0) is 43.0 Å². The lowest BCUT2D eigenvalue weighted by Gasteiger charge is -2.19. The van der Waals surface area contributed by atoms with Crippen LogP contribution in [0.5, 0.6) is 5.75 Å². The molecule has 0 spiro atoms. The highest BCUT2D eigenvalue weighted by molar-refractivity contribution is 7.89. The van der Waals surface area contributed by atoms with Gasteiger partial charge in [-0.1, -0.05) is 37.3 Å². The van der Waals surface area contributed by atoms with Gasteiger partial charge < -0.3 is 15.0 Å². The fraction of sp³-hybridized carbons (Fsp3) is 0.333. The molecule has 2 N–H and O–H groups in total. The summed E-state index contributed by atoms with van der Waals surface area (Å²) in [4.78, 5) is 20.8. The second-order valence-electron chi connectivity index (χ2n) is 7.96. The van der Waals surface area contributed by atoms with Crippen molar-refractivity contribution in [2.24, 2.45) is 0 Å². The second kappa shape index (κ2) is 9.76. The smallest absolute Gasteiger partial charge is 0.251 e. The van der Waals surface area contributed by atoms with Crippen molar-refractivity contribution in [2.45, 2.75) is 37.1 Å². The molecule has 0 radical (unpaired) electrons. The number of amides is 1. The zero-order valence-electron chi connectivity index (χ0n) is 18.7. The molecule has 2 heterocycles. The van der Waals surface area contributed by atoms with Gasteiger partial charge in [-0.25, -0.2) is 13.4 Å². The number of carbonyl (C=O) groups is 1. The van der Waals surface area contributed by atoms with Crippen LogP contribution in [0.2, 0.25) is 0 Å². The number of nitrogens with one attached hydrogen (secondary N) is 2. The number of aromatic amines is 1. The monoisotopic (exact) mass is 468 g/mol. The minimum Gasteiger partial charge on any atom is -0.495 e. The number of sulfonamides is 1. The quantitative estimate of drug-likeness (QED) is 0.524. The Morgan fingerprint density at radius 3 is 2.58 bits per heavy atom. The van der Waals surface area contributed by atoms with E-state index in [1.807, 2.05) is 37.3 Å². The summed E-state index contributed by atoms with van der Waals surface area (Å²) < 4.78 is 33.0. The van der Waals surface area contributed by atoms with E-state index < -0.39 is 10.0 Å². The molecule has 0 aliphatic carbocycles. The van der Waals surface area contributed by atoms with E-state index in [4.69, 9.17) is 4.74 Å². The minimum atomic E-state index is -3.74. The Morgan fingerprint density at radius 2 is 1.91 bits per heavy atom. The average Bonchev–Trinajstić information content (AvgIpc) is 3.56. The number of hydrogen-bond donors (Lipinski definition) is 2. The molecule has 33 heavy (non-hydrogen) atoms. The minimum absolute atomic E-state index is 0.0111. The summed E-state index contributed by atoms with van der Waals surface area (Å²) in [6.07, 6.45) is 4.01. The van der Waals surface area contributed by atoms with E-state index in [-0.39, 0.29) is 28.2 Å². The fourth-order valence-corrected chi connectivity index (χ4v) is 5.67. The van der Waals surface area contributed by atoms with Crippen molar-refractivity contribution >= 4 is 15.9 Å². The van der Waals surface area contributed by atoms with E-state index in [1.165, 1.54) is 23.5 Å². The van der Waals surface area contributed by atoms with E-state index in [9.17, 15) is 13.2 Å². The molecule has 3 aromatic rings. The lowest BCUT2D eigenvalue weighted by Crippen LogP contribution is -2.30. The number of imidazole rings is 1. The predicted octanol–water partition coefficient (Wildman–Crippen LogP) is 3.75. The molecule has 1 atom stereocenters. The van der Waals surface area contributed by atoms with Crippen LogP contribution in [0.1, 0.15) is 48.4 Å². The van der Waals surface area contributed by atoms with Gasteiger partial charge in [-0.2, -0.15) is 4.31 Å². The van der Waals surface area contributed by atoms with Crippen LogP contribution in [0.3, 0.4) is 0 Å². The lowest BCUT2D eigenvalue weighted by molar-refractivity contribution is 0.0933. The van der Waals surface area contributed by atoms with Crippen molar-refractivity contribution in [1.29, 1.82) is 0 Å². The van der Waals surface area contributed by atoms with Gasteiger partial charge in [0.05, 0.1) is 25.0 Å². The van der Waals surface area contributed by atoms with Crippen LogP contribution in [-0.4, -0.2) is 48.8 Å². The van der Waals surface area contributed by atoms with Crippen LogP contribution in [0, 0.1) is 0 Å². The van der Waals surface area contributed by atoms with Crippen LogP contribution in [-0.2, 0) is 10.0 Å². The maximum atomic E-state index is 13.1. The Labute approximate surface area is 194 Å². The normalized spacial score (nSPS) is 15.3. The van der Waals surface area contributed by atoms with Crippen molar-refractivity contribution in [3.05, 3.63) is 66.1 Å². The topological polar surface area (TPSA) is 104 Å². The molecular weight excluding hydrogens is 440 g/mol. The Bertz CT molecular complexity index is 1220. The number of methoxy groups -OCH3 is 1. The number of ether oxygens (including phenoxy) is 1. The molecule has 0 saturated carbocycles. The molecule has 0 bridgehead atoms. The number of H-pyrrole nitrogens is 1. The summed E-state index contributed by atoms with van der Waals surface area (Å²) in [5.74, 6) is 0.493. The number of carbonyl (C=O) groups excluding carboxylic acids is 1. The molecular formula is C24H28N4O4S. The van der Waals surface area contributed by atoms with Crippen molar-refractivity contribution in [1.82, 2.24) is 19.6 Å². The molecule has 1 aliphatic heterocycles. The Balaban J connectivity index is 1.57. The SMILES string of the molecule is CCC(NC(=O)c1ccc(OC)c(S(=O)(=O)N2CCCC2)c1)c1ncc(-c2ccccc2)[nH]1. The molecule has 2 aromatic carbocycles. The van der Waals surface area contributed by atoms with Gasteiger partial charge in [0.2, 0.25) is 10.0 Å². The highest BCUT2D eigenvalue weighted by atomic mass is 32.2. The van der Waals surface area contributed by atoms with Crippen molar-refractivity contribution in [3.63, 3.8) is 0 Å². The fourth-order valence-electron chi connectivity index (χ4n) is 3.97. The Morgan fingerprint density at radius 1 is 1.18 bits per heavy atom. The summed E-state index contributed by atoms with van der Waals surface area (Å²) in [6.45, 7) is 2.90. The first-order valence-electron chi connectivity index (χ1n) is 11.0. The molecule has 9 heteroatoms. The van der Waals surface area contributed by atoms with E-state index >= 15 is 0 Å². The zero-order chi connectivity index (χ0) is 23.4. The Kier molecular flexibility index (Phi) is 6.80. The van der Waals surface area contributed by atoms with Crippen molar-refractivity contribution in [3.8, 4) is 17.0 Å². The molecule has 1 amide bonds. The van der Waals surface area contributed by atoms with E-state index in [0.717, 1.165) is 24.1 Å². The van der Waals surface area contributed by atoms with Gasteiger partial charge in [0, 0.05) is 18.7 Å². The van der Waals surface area contributed by atoms with E-state index in [1.54, 1.807) is 12.3 Å². The van der Waals surface area contributed by atoms with E-state index in [0.29, 0.717) is 25.3 Å². The molecule has 4 rings (SSSR count). The van der Waals surface area contributed by atoms with Gasteiger partial charge in [0.1, 0.15) is 16.5 Å². The summed E-state index contributed by atoms with van der Waals surface area (Å²) in [7, 11) is -2.32. The van der Waals surface area contributed by atoms with Gasteiger partial charge in [-0.15, -0.1) is 0 Å². The third kappa shape index (κ3) is 4.79. The molecule has 8 nitrogen and oxygen atoms in total. The maximum absolute atomic E-state index is 13.1. The third-order valence-corrected chi connectivity index (χ3v) is 7.75. The second-order valence-corrected chi connectivity index (χ2v) is 9.87. The summed E-state index contributed by atoms with van der Waals surface area (Å²) >= 11 is 0. The first kappa shape index (κ1) is 23.0. The van der Waals surface area contributed by atoms with Crippen LogP contribution in [0.4, 0.5) is 0 Å². The molecule has 174 valence electrons. The van der Waals surface area contributed by atoms with Gasteiger partial charge in [0.25, 0.3) is 5.91 Å². The van der Waals surface area contributed by atoms with Crippen LogP contribution < -0.4 is 10.1 Å². The van der Waals surface area contributed by atoms with Gasteiger partial charge in [-0.3, -0.25) is 4.79 Å². The summed E-state index contributed by atoms with van der Waals surface area (Å²) in [5, 5.41) is 2.97. The summed E-state index contributed by atoms with van der Waals surface area (Å²) in [5.41, 5.74) is 2.12. The van der Waals surface area contributed by atoms with Crippen molar-refractivity contribution < 1.29 is 17.9 Å². The van der Waals surface area contributed by atoms with Gasteiger partial charge in [0.15, 0.2) is 0 Å². The molecule has 1 unspecified atom stereocenters. The number of benzene rings is 2.